The first-order valence-electron chi connectivity index (χ1n) is 6.22. The molecule has 0 aliphatic rings. The van der Waals surface area contributed by atoms with Crippen LogP contribution in [0.25, 0.3) is 0 Å². The standard InChI is InChI=1S/C14H14N2O3S2/c1-10-11(2)19-14(16-10)20-6-7-21(17,18)13-5-3-4-12(8-13)9-15/h3-5,8H,6-7H2,1-2H3. The highest BCUT2D eigenvalue weighted by atomic mass is 32.2. The maximum Gasteiger partial charge on any atom is 0.256 e. The Kier molecular flexibility index (Phi) is 4.70. The Morgan fingerprint density at radius 2 is 2.14 bits per heavy atom. The molecule has 0 N–H and O–H groups in total. The van der Waals surface area contributed by atoms with Crippen LogP contribution in [-0.2, 0) is 9.84 Å². The number of nitrogens with zero attached hydrogens (tertiary/aromatic N) is 2. The van der Waals surface area contributed by atoms with Crippen molar-refractivity contribution in [1.29, 1.82) is 5.26 Å². The van der Waals surface area contributed by atoms with E-state index < -0.39 is 9.84 Å². The third kappa shape index (κ3) is 3.86. The highest BCUT2D eigenvalue weighted by molar-refractivity contribution is 8.00. The number of oxazole rings is 1. The number of nitriles is 1. The second-order valence-electron chi connectivity index (χ2n) is 4.43. The fraction of sp³-hybridized carbons (Fsp3) is 0.286. The number of thioether (sulfide) groups is 1. The van der Waals surface area contributed by atoms with Gasteiger partial charge < -0.3 is 4.42 Å². The van der Waals surface area contributed by atoms with Gasteiger partial charge in [-0.2, -0.15) is 5.26 Å². The average Bonchev–Trinajstić information content (AvgIpc) is 2.77. The van der Waals surface area contributed by atoms with E-state index in [0.717, 1.165) is 11.5 Å². The minimum atomic E-state index is -3.41. The van der Waals surface area contributed by atoms with Crippen LogP contribution in [0.2, 0.25) is 0 Å². The van der Waals surface area contributed by atoms with Crippen molar-refractivity contribution in [2.24, 2.45) is 0 Å². The van der Waals surface area contributed by atoms with Gasteiger partial charge in [0, 0.05) is 5.75 Å². The third-order valence-electron chi connectivity index (χ3n) is 2.91. The minimum Gasteiger partial charge on any atom is -0.437 e. The largest absolute Gasteiger partial charge is 0.437 e. The number of rotatable bonds is 5. The van der Waals surface area contributed by atoms with Crippen molar-refractivity contribution in [3.8, 4) is 6.07 Å². The topological polar surface area (TPSA) is 84.0 Å². The Labute approximate surface area is 127 Å². The summed E-state index contributed by atoms with van der Waals surface area (Å²) in [5.74, 6) is 1.05. The van der Waals surface area contributed by atoms with Crippen LogP contribution in [-0.4, -0.2) is 24.9 Å². The van der Waals surface area contributed by atoms with Crippen LogP contribution >= 0.6 is 11.8 Å². The monoisotopic (exact) mass is 322 g/mol. The molecular formula is C14H14N2O3S2. The maximum atomic E-state index is 12.2. The van der Waals surface area contributed by atoms with Gasteiger partial charge in [-0.25, -0.2) is 13.4 Å². The molecule has 21 heavy (non-hydrogen) atoms. The number of sulfone groups is 1. The molecule has 0 amide bonds. The molecule has 0 saturated heterocycles. The fourth-order valence-corrected chi connectivity index (χ4v) is 4.22. The first-order valence-corrected chi connectivity index (χ1v) is 8.86. The second kappa shape index (κ2) is 6.33. The molecule has 0 aliphatic carbocycles. The lowest BCUT2D eigenvalue weighted by Gasteiger charge is -2.03. The Morgan fingerprint density at radius 3 is 2.76 bits per heavy atom. The number of aryl methyl sites for hydroxylation is 2. The lowest BCUT2D eigenvalue weighted by Crippen LogP contribution is -2.09. The molecule has 5 nitrogen and oxygen atoms in total. The Morgan fingerprint density at radius 1 is 1.38 bits per heavy atom. The predicted octanol–water partition coefficient (Wildman–Crippen LogP) is 2.73. The molecule has 7 heteroatoms. The second-order valence-corrected chi connectivity index (χ2v) is 7.58. The van der Waals surface area contributed by atoms with Gasteiger partial charge in [-0.05, 0) is 32.0 Å². The molecular weight excluding hydrogens is 308 g/mol. The number of hydrogen-bond acceptors (Lipinski definition) is 6. The van der Waals surface area contributed by atoms with Crippen LogP contribution in [0, 0.1) is 25.2 Å². The Bertz CT molecular complexity index is 769. The molecule has 0 unspecified atom stereocenters. The van der Waals surface area contributed by atoms with Gasteiger partial charge in [-0.3, -0.25) is 0 Å². The van der Waals surface area contributed by atoms with Gasteiger partial charge in [-0.1, -0.05) is 17.8 Å². The van der Waals surface area contributed by atoms with Crippen molar-refractivity contribution in [2.75, 3.05) is 11.5 Å². The smallest absolute Gasteiger partial charge is 0.256 e. The van der Waals surface area contributed by atoms with Crippen LogP contribution in [0.5, 0.6) is 0 Å². The van der Waals surface area contributed by atoms with E-state index in [1.54, 1.807) is 12.1 Å². The first kappa shape index (κ1) is 15.6. The summed E-state index contributed by atoms with van der Waals surface area (Å²) in [4.78, 5) is 4.36. The molecule has 1 aromatic heterocycles. The van der Waals surface area contributed by atoms with Crippen molar-refractivity contribution < 1.29 is 12.8 Å². The Balaban J connectivity index is 2.03. The summed E-state index contributed by atoms with van der Waals surface area (Å²) in [6, 6.07) is 7.97. The predicted molar refractivity (Wildman–Crippen MR) is 79.9 cm³/mol. The summed E-state index contributed by atoms with van der Waals surface area (Å²) in [6.07, 6.45) is 0. The van der Waals surface area contributed by atoms with E-state index in [1.807, 2.05) is 19.9 Å². The van der Waals surface area contributed by atoms with Crippen LogP contribution < -0.4 is 0 Å². The SMILES string of the molecule is Cc1nc(SCCS(=O)(=O)c2cccc(C#N)c2)oc1C. The van der Waals surface area contributed by atoms with Crippen molar-refractivity contribution >= 4 is 21.6 Å². The molecule has 0 spiro atoms. The van der Waals surface area contributed by atoms with Gasteiger partial charge in [0.25, 0.3) is 5.22 Å². The van der Waals surface area contributed by atoms with Gasteiger partial charge in [0.15, 0.2) is 9.84 Å². The summed E-state index contributed by atoms with van der Waals surface area (Å²) >= 11 is 1.26. The molecule has 110 valence electrons. The molecule has 1 aromatic carbocycles. The molecule has 0 aliphatic heterocycles. The van der Waals surface area contributed by atoms with Gasteiger partial charge in [0.1, 0.15) is 5.76 Å². The summed E-state index contributed by atoms with van der Waals surface area (Å²) in [6.45, 7) is 3.66. The van der Waals surface area contributed by atoms with E-state index in [9.17, 15) is 8.42 Å². The van der Waals surface area contributed by atoms with E-state index >= 15 is 0 Å². The van der Waals surface area contributed by atoms with Crippen LogP contribution in [0.1, 0.15) is 17.0 Å². The van der Waals surface area contributed by atoms with Gasteiger partial charge >= 0.3 is 0 Å². The molecule has 0 radical (unpaired) electrons. The average molecular weight is 322 g/mol. The van der Waals surface area contributed by atoms with Gasteiger partial charge in [-0.15, -0.1) is 0 Å². The van der Waals surface area contributed by atoms with E-state index in [1.165, 1.54) is 23.9 Å². The summed E-state index contributed by atoms with van der Waals surface area (Å²) < 4.78 is 29.8. The highest BCUT2D eigenvalue weighted by Crippen LogP contribution is 2.21. The third-order valence-corrected chi connectivity index (χ3v) is 5.71. The van der Waals surface area contributed by atoms with Crippen LogP contribution in [0.4, 0.5) is 0 Å². The molecule has 0 bridgehead atoms. The lowest BCUT2D eigenvalue weighted by molar-refractivity contribution is 0.431. The summed E-state index contributed by atoms with van der Waals surface area (Å²) in [7, 11) is -3.41. The fourth-order valence-electron chi connectivity index (χ4n) is 1.62. The maximum absolute atomic E-state index is 12.2. The first-order chi connectivity index (χ1) is 9.92. The van der Waals surface area contributed by atoms with E-state index in [4.69, 9.17) is 9.68 Å². The van der Waals surface area contributed by atoms with Crippen molar-refractivity contribution in [2.45, 2.75) is 24.0 Å². The minimum absolute atomic E-state index is 0.0347. The molecule has 2 aromatic rings. The highest BCUT2D eigenvalue weighted by Gasteiger charge is 2.16. The van der Waals surface area contributed by atoms with Crippen LogP contribution in [0.15, 0.2) is 38.8 Å². The summed E-state index contributed by atoms with van der Waals surface area (Å²) in [5.41, 5.74) is 1.14. The Hall–Kier alpha value is -1.78. The lowest BCUT2D eigenvalue weighted by atomic mass is 10.2. The van der Waals surface area contributed by atoms with Crippen molar-refractivity contribution in [3.63, 3.8) is 0 Å². The summed E-state index contributed by atoms with van der Waals surface area (Å²) in [5, 5.41) is 9.29. The zero-order chi connectivity index (χ0) is 15.5. The normalized spacial score (nSPS) is 11.3. The zero-order valence-electron chi connectivity index (χ0n) is 11.7. The van der Waals surface area contributed by atoms with E-state index in [2.05, 4.69) is 4.98 Å². The number of benzene rings is 1. The molecule has 0 atom stereocenters. The molecule has 2 rings (SSSR count). The number of hydrogen-bond donors (Lipinski definition) is 0. The van der Waals surface area contributed by atoms with E-state index in [0.29, 0.717) is 16.5 Å². The van der Waals surface area contributed by atoms with Crippen molar-refractivity contribution in [1.82, 2.24) is 4.98 Å². The van der Waals surface area contributed by atoms with Crippen molar-refractivity contribution in [3.05, 3.63) is 41.3 Å². The molecule has 0 saturated carbocycles. The van der Waals surface area contributed by atoms with E-state index in [-0.39, 0.29) is 10.6 Å². The zero-order valence-corrected chi connectivity index (χ0v) is 13.3. The molecule has 0 fully saturated rings. The quantitative estimate of drug-likeness (QED) is 0.787. The van der Waals surface area contributed by atoms with Gasteiger partial charge in [0.05, 0.1) is 28.0 Å². The van der Waals surface area contributed by atoms with Gasteiger partial charge in [0.2, 0.25) is 0 Å². The molecule has 1 heterocycles. The number of aromatic nitrogens is 1. The van der Waals surface area contributed by atoms with Crippen LogP contribution in [0.3, 0.4) is 0 Å².